The van der Waals surface area contributed by atoms with Crippen molar-refractivity contribution in [3.8, 4) is 0 Å². The summed E-state index contributed by atoms with van der Waals surface area (Å²) in [4.78, 5) is 10.5. The molecule has 0 aliphatic carbocycles. The minimum Gasteiger partial charge on any atom is -0.481 e. The largest absolute Gasteiger partial charge is 0.481 e. The van der Waals surface area contributed by atoms with Crippen molar-refractivity contribution in [3.05, 3.63) is 0 Å². The van der Waals surface area contributed by atoms with Crippen LogP contribution in [0.25, 0.3) is 0 Å². The van der Waals surface area contributed by atoms with E-state index in [9.17, 15) is 4.79 Å². The summed E-state index contributed by atoms with van der Waals surface area (Å²) in [6, 6.07) is 0. The first-order valence-electron chi connectivity index (χ1n) is 3.57. The zero-order valence-corrected chi connectivity index (χ0v) is 6.45. The number of ether oxygens (including phenoxy) is 2. The summed E-state index contributed by atoms with van der Waals surface area (Å²) in [5.74, 6) is -1.19. The van der Waals surface area contributed by atoms with Gasteiger partial charge >= 0.3 is 5.97 Å². The van der Waals surface area contributed by atoms with Gasteiger partial charge in [0.05, 0.1) is 25.2 Å². The lowest BCUT2D eigenvalue weighted by Crippen LogP contribution is -2.34. The van der Waals surface area contributed by atoms with Crippen LogP contribution in [0.5, 0.6) is 0 Å². The fourth-order valence-electron chi connectivity index (χ4n) is 1.13. The minimum absolute atomic E-state index is 0.0511. The number of hydrogen-bond donors (Lipinski definition) is 1. The number of carbonyl (C=O) groups is 1. The third kappa shape index (κ3) is 2.17. The molecule has 0 amide bonds. The van der Waals surface area contributed by atoms with Gasteiger partial charge < -0.3 is 14.6 Å². The van der Waals surface area contributed by atoms with Crippen LogP contribution >= 0.6 is 0 Å². The van der Waals surface area contributed by atoms with Gasteiger partial charge in [0, 0.05) is 7.11 Å². The molecule has 0 aromatic carbocycles. The molecule has 0 aromatic rings. The van der Waals surface area contributed by atoms with Gasteiger partial charge in [-0.1, -0.05) is 0 Å². The molecule has 0 unspecified atom stereocenters. The molecule has 1 aliphatic heterocycles. The van der Waals surface area contributed by atoms with E-state index >= 15 is 0 Å². The van der Waals surface area contributed by atoms with E-state index in [0.29, 0.717) is 19.6 Å². The predicted molar refractivity (Wildman–Crippen MR) is 37.4 cm³/mol. The van der Waals surface area contributed by atoms with Gasteiger partial charge in [-0.25, -0.2) is 0 Å². The number of hydrogen-bond acceptors (Lipinski definition) is 3. The number of carboxylic acids is 1. The average molecular weight is 160 g/mol. The molecule has 4 nitrogen and oxygen atoms in total. The van der Waals surface area contributed by atoms with Gasteiger partial charge in [0.25, 0.3) is 0 Å². The Morgan fingerprint density at radius 1 is 1.64 bits per heavy atom. The van der Waals surface area contributed by atoms with Crippen LogP contribution in [0, 0.1) is 5.92 Å². The van der Waals surface area contributed by atoms with Gasteiger partial charge in [-0.15, -0.1) is 0 Å². The average Bonchev–Trinajstić information content (AvgIpc) is 2.05. The molecule has 11 heavy (non-hydrogen) atoms. The van der Waals surface area contributed by atoms with Crippen LogP contribution in [0.3, 0.4) is 0 Å². The van der Waals surface area contributed by atoms with E-state index in [2.05, 4.69) is 0 Å². The smallest absolute Gasteiger partial charge is 0.308 e. The Balaban J connectivity index is 2.39. The minimum atomic E-state index is -0.799. The molecule has 0 saturated carbocycles. The Morgan fingerprint density at radius 3 is 2.91 bits per heavy atom. The van der Waals surface area contributed by atoms with Crippen molar-refractivity contribution < 1.29 is 19.4 Å². The predicted octanol–water partition coefficient (Wildman–Crippen LogP) is 0.122. The standard InChI is InChI=1S/C7H12O4/c1-10-6-2-5(7(8)9)3-11-4-6/h5-6H,2-4H2,1H3,(H,8,9)/t5-,6+/m1/s1. The van der Waals surface area contributed by atoms with Crippen LogP contribution in [0.4, 0.5) is 0 Å². The summed E-state index contributed by atoms with van der Waals surface area (Å²) >= 11 is 0. The van der Waals surface area contributed by atoms with Crippen molar-refractivity contribution in [3.63, 3.8) is 0 Å². The van der Waals surface area contributed by atoms with Gasteiger partial charge in [-0.2, -0.15) is 0 Å². The first kappa shape index (κ1) is 8.49. The van der Waals surface area contributed by atoms with Gasteiger partial charge in [-0.05, 0) is 6.42 Å². The molecule has 1 heterocycles. The molecule has 1 N–H and O–H groups in total. The summed E-state index contributed by atoms with van der Waals surface area (Å²) in [5, 5.41) is 8.62. The van der Waals surface area contributed by atoms with E-state index < -0.39 is 11.9 Å². The van der Waals surface area contributed by atoms with Crippen LogP contribution in [0.1, 0.15) is 6.42 Å². The molecule has 4 heteroatoms. The first-order valence-corrected chi connectivity index (χ1v) is 3.57. The highest BCUT2D eigenvalue weighted by Crippen LogP contribution is 2.15. The Labute approximate surface area is 65.1 Å². The van der Waals surface area contributed by atoms with Crippen LogP contribution < -0.4 is 0 Å². The maximum atomic E-state index is 10.5. The number of aliphatic carboxylic acids is 1. The summed E-state index contributed by atoms with van der Waals surface area (Å²) in [6.45, 7) is 0.829. The molecule has 1 aliphatic rings. The van der Waals surface area contributed by atoms with Gasteiger partial charge in [-0.3, -0.25) is 4.79 Å². The van der Waals surface area contributed by atoms with Gasteiger partial charge in [0.15, 0.2) is 0 Å². The lowest BCUT2D eigenvalue weighted by molar-refractivity contribution is -0.150. The zero-order chi connectivity index (χ0) is 8.27. The molecule has 0 aromatic heterocycles. The van der Waals surface area contributed by atoms with Crippen LogP contribution in [0.15, 0.2) is 0 Å². The second-order valence-electron chi connectivity index (χ2n) is 2.67. The number of rotatable bonds is 2. The van der Waals surface area contributed by atoms with Crippen LogP contribution in [0.2, 0.25) is 0 Å². The third-order valence-electron chi connectivity index (χ3n) is 1.85. The Bertz CT molecular complexity index is 145. The highest BCUT2D eigenvalue weighted by atomic mass is 16.5. The topological polar surface area (TPSA) is 55.8 Å². The molecular weight excluding hydrogens is 148 g/mol. The van der Waals surface area contributed by atoms with E-state index in [-0.39, 0.29) is 6.10 Å². The molecule has 1 saturated heterocycles. The summed E-state index contributed by atoms with van der Waals surface area (Å²) in [7, 11) is 1.57. The first-order chi connectivity index (χ1) is 5.24. The normalized spacial score (nSPS) is 31.7. The van der Waals surface area contributed by atoms with E-state index in [1.165, 1.54) is 0 Å². The molecular formula is C7H12O4. The third-order valence-corrected chi connectivity index (χ3v) is 1.85. The van der Waals surface area contributed by atoms with Crippen molar-refractivity contribution in [2.45, 2.75) is 12.5 Å². The second-order valence-corrected chi connectivity index (χ2v) is 2.67. The lowest BCUT2D eigenvalue weighted by atomic mass is 10.0. The maximum absolute atomic E-state index is 10.5. The SMILES string of the molecule is CO[C@@H]1COC[C@H](C(=O)O)C1. The molecule has 0 spiro atoms. The van der Waals surface area contributed by atoms with Gasteiger partial charge in [0.2, 0.25) is 0 Å². The molecule has 1 fully saturated rings. The van der Waals surface area contributed by atoms with Gasteiger partial charge in [0.1, 0.15) is 0 Å². The fraction of sp³-hybridized carbons (Fsp3) is 0.857. The molecule has 1 rings (SSSR count). The molecule has 64 valence electrons. The van der Waals surface area contributed by atoms with Crippen LogP contribution in [-0.2, 0) is 14.3 Å². The monoisotopic (exact) mass is 160 g/mol. The highest BCUT2D eigenvalue weighted by Gasteiger charge is 2.27. The maximum Gasteiger partial charge on any atom is 0.308 e. The fourth-order valence-corrected chi connectivity index (χ4v) is 1.13. The molecule has 2 atom stereocenters. The lowest BCUT2D eigenvalue weighted by Gasteiger charge is -2.25. The van der Waals surface area contributed by atoms with E-state index in [4.69, 9.17) is 14.6 Å². The zero-order valence-electron chi connectivity index (χ0n) is 6.45. The molecule has 0 radical (unpaired) electrons. The highest BCUT2D eigenvalue weighted by molar-refractivity contribution is 5.70. The molecule has 0 bridgehead atoms. The number of methoxy groups -OCH3 is 1. The summed E-state index contributed by atoms with van der Waals surface area (Å²) in [5.41, 5.74) is 0. The second kappa shape index (κ2) is 3.69. The summed E-state index contributed by atoms with van der Waals surface area (Å²) < 4.78 is 10.0. The van der Waals surface area contributed by atoms with Crippen molar-refractivity contribution in [1.29, 1.82) is 0 Å². The Kier molecular flexibility index (Phi) is 2.84. The van der Waals surface area contributed by atoms with E-state index in [1.54, 1.807) is 7.11 Å². The summed E-state index contributed by atoms with van der Waals surface area (Å²) in [6.07, 6.45) is 0.510. The van der Waals surface area contributed by atoms with E-state index in [1.807, 2.05) is 0 Å². The number of carboxylic acid groups (broad SMARTS) is 1. The van der Waals surface area contributed by atoms with Crippen molar-refractivity contribution in [1.82, 2.24) is 0 Å². The van der Waals surface area contributed by atoms with Crippen LogP contribution in [-0.4, -0.2) is 37.5 Å². The van der Waals surface area contributed by atoms with Crippen molar-refractivity contribution in [2.75, 3.05) is 20.3 Å². The van der Waals surface area contributed by atoms with Crippen molar-refractivity contribution in [2.24, 2.45) is 5.92 Å². The Hall–Kier alpha value is -0.610. The Morgan fingerprint density at radius 2 is 2.36 bits per heavy atom. The van der Waals surface area contributed by atoms with Crippen molar-refractivity contribution >= 4 is 5.97 Å². The quantitative estimate of drug-likeness (QED) is 0.623. The van der Waals surface area contributed by atoms with E-state index in [0.717, 1.165) is 0 Å².